The van der Waals surface area contributed by atoms with Crippen LogP contribution in [0.25, 0.3) is 11.1 Å². The molecule has 2 heterocycles. The van der Waals surface area contributed by atoms with Crippen LogP contribution in [0.4, 0.5) is 13.2 Å². The molecule has 0 fully saturated rings. The minimum atomic E-state index is -4.66. The van der Waals surface area contributed by atoms with Crippen LogP contribution < -0.4 is 5.43 Å². The maximum absolute atomic E-state index is 12.9. The van der Waals surface area contributed by atoms with Gasteiger partial charge in [-0.25, -0.2) is 4.79 Å². The fraction of sp³-hybridized carbons (Fsp3) is 0.312. The van der Waals surface area contributed by atoms with Crippen molar-refractivity contribution < 1.29 is 23.1 Å². The molecule has 0 aliphatic rings. The Hall–Kier alpha value is -2.64. The minimum Gasteiger partial charge on any atom is -0.477 e. The Labute approximate surface area is 135 Å². The molecule has 0 saturated heterocycles. The lowest BCUT2D eigenvalue weighted by molar-refractivity contribution is -0.141. The van der Waals surface area contributed by atoms with Crippen molar-refractivity contribution in [1.82, 2.24) is 9.55 Å². The van der Waals surface area contributed by atoms with Crippen LogP contribution in [0.3, 0.4) is 0 Å². The summed E-state index contributed by atoms with van der Waals surface area (Å²) in [5.74, 6) is -1.43. The Bertz CT molecular complexity index is 855. The molecule has 0 aliphatic heterocycles. The summed E-state index contributed by atoms with van der Waals surface area (Å²) < 4.78 is 40.1. The van der Waals surface area contributed by atoms with Crippen LogP contribution >= 0.6 is 0 Å². The fourth-order valence-electron chi connectivity index (χ4n) is 2.49. The van der Waals surface area contributed by atoms with Crippen molar-refractivity contribution >= 4 is 5.97 Å². The summed E-state index contributed by atoms with van der Waals surface area (Å²) in [5, 5.41) is 9.21. The van der Waals surface area contributed by atoms with Gasteiger partial charge in [-0.05, 0) is 38.5 Å². The lowest BCUT2D eigenvalue weighted by atomic mass is 10.0. The molecule has 0 amide bonds. The van der Waals surface area contributed by atoms with Crippen molar-refractivity contribution in [1.29, 1.82) is 0 Å². The monoisotopic (exact) mass is 340 g/mol. The Morgan fingerprint density at radius 1 is 1.33 bits per heavy atom. The Balaban J connectivity index is 2.84. The number of nitrogens with zero attached hydrogens (tertiary/aromatic N) is 2. The first-order valence-corrected chi connectivity index (χ1v) is 7.06. The molecule has 0 saturated carbocycles. The first-order valence-electron chi connectivity index (χ1n) is 7.06. The van der Waals surface area contributed by atoms with Crippen LogP contribution in [-0.2, 0) is 6.18 Å². The van der Waals surface area contributed by atoms with Crippen LogP contribution in [0.2, 0.25) is 0 Å². The van der Waals surface area contributed by atoms with Gasteiger partial charge in [0.15, 0.2) is 0 Å². The number of carboxylic acid groups (broad SMARTS) is 1. The van der Waals surface area contributed by atoms with E-state index >= 15 is 0 Å². The molecule has 0 radical (unpaired) electrons. The van der Waals surface area contributed by atoms with Gasteiger partial charge < -0.3 is 9.67 Å². The molecule has 8 heteroatoms. The van der Waals surface area contributed by atoms with E-state index in [1.54, 1.807) is 25.3 Å². The first kappa shape index (κ1) is 17.7. The predicted molar refractivity (Wildman–Crippen MR) is 81.0 cm³/mol. The van der Waals surface area contributed by atoms with E-state index in [1.807, 2.05) is 0 Å². The normalized spacial score (nSPS) is 11.8. The number of pyridine rings is 2. The highest BCUT2D eigenvalue weighted by Crippen LogP contribution is 2.31. The van der Waals surface area contributed by atoms with Gasteiger partial charge in [-0.15, -0.1) is 0 Å². The highest BCUT2D eigenvalue weighted by molar-refractivity contribution is 5.89. The van der Waals surface area contributed by atoms with Crippen molar-refractivity contribution in [3.63, 3.8) is 0 Å². The molecule has 5 nitrogen and oxygen atoms in total. The number of carboxylic acids is 1. The van der Waals surface area contributed by atoms with Gasteiger partial charge in [0.1, 0.15) is 11.3 Å². The zero-order valence-electron chi connectivity index (χ0n) is 13.2. The van der Waals surface area contributed by atoms with Gasteiger partial charge in [-0.3, -0.25) is 9.78 Å². The van der Waals surface area contributed by atoms with Gasteiger partial charge in [0.2, 0.25) is 5.43 Å². The number of hydrogen-bond acceptors (Lipinski definition) is 3. The van der Waals surface area contributed by atoms with Crippen molar-refractivity contribution in [2.75, 3.05) is 0 Å². The van der Waals surface area contributed by atoms with E-state index < -0.39 is 28.8 Å². The molecule has 2 aromatic rings. The fourth-order valence-corrected chi connectivity index (χ4v) is 2.49. The topological polar surface area (TPSA) is 72.2 Å². The highest BCUT2D eigenvalue weighted by Gasteiger charge is 2.33. The van der Waals surface area contributed by atoms with Crippen molar-refractivity contribution in [3.05, 3.63) is 51.7 Å². The molecule has 0 unspecified atom stereocenters. The summed E-state index contributed by atoms with van der Waals surface area (Å²) in [6.45, 7) is 5.12. The smallest absolute Gasteiger partial charge is 0.433 e. The Morgan fingerprint density at radius 3 is 2.46 bits per heavy atom. The quantitative estimate of drug-likeness (QED) is 0.928. The van der Waals surface area contributed by atoms with E-state index in [1.165, 1.54) is 12.3 Å². The van der Waals surface area contributed by atoms with E-state index in [4.69, 9.17) is 0 Å². The van der Waals surface area contributed by atoms with Crippen molar-refractivity contribution in [3.8, 4) is 11.1 Å². The lowest BCUT2D eigenvalue weighted by Crippen LogP contribution is -2.23. The highest BCUT2D eigenvalue weighted by atomic mass is 19.4. The van der Waals surface area contributed by atoms with E-state index in [9.17, 15) is 27.9 Å². The van der Waals surface area contributed by atoms with Gasteiger partial charge in [0, 0.05) is 29.7 Å². The van der Waals surface area contributed by atoms with E-state index in [0.29, 0.717) is 5.69 Å². The minimum absolute atomic E-state index is 0.0164. The number of carbonyl (C=O) groups is 1. The number of aromatic carboxylic acids is 1. The van der Waals surface area contributed by atoms with Crippen LogP contribution in [-0.4, -0.2) is 20.6 Å². The average molecular weight is 340 g/mol. The molecule has 0 bridgehead atoms. The average Bonchev–Trinajstić information content (AvgIpc) is 2.46. The number of halogens is 3. The maximum Gasteiger partial charge on any atom is 0.433 e. The summed E-state index contributed by atoms with van der Waals surface area (Å²) in [5.41, 5.74) is -2.16. The van der Waals surface area contributed by atoms with Crippen LogP contribution in [0.5, 0.6) is 0 Å². The summed E-state index contributed by atoms with van der Waals surface area (Å²) in [4.78, 5) is 27.0. The van der Waals surface area contributed by atoms with Gasteiger partial charge in [0.05, 0.1) is 0 Å². The van der Waals surface area contributed by atoms with Crippen LogP contribution in [0.1, 0.15) is 41.6 Å². The second-order valence-electron chi connectivity index (χ2n) is 5.57. The molecule has 1 N–H and O–H groups in total. The zero-order valence-corrected chi connectivity index (χ0v) is 13.2. The molecule has 24 heavy (non-hydrogen) atoms. The number of rotatable bonds is 3. The Morgan fingerprint density at radius 2 is 1.96 bits per heavy atom. The maximum atomic E-state index is 12.9. The number of alkyl halides is 3. The molecular weight excluding hydrogens is 325 g/mol. The summed E-state index contributed by atoms with van der Waals surface area (Å²) in [6.07, 6.45) is -2.50. The Kier molecular flexibility index (Phi) is 4.50. The van der Waals surface area contributed by atoms with Gasteiger partial charge in [0.25, 0.3) is 0 Å². The molecule has 0 aromatic carbocycles. The molecule has 0 aliphatic carbocycles. The standard InChI is InChI=1S/C16H15F3N2O3/c1-8(2)21-7-11(15(23)24)14(22)13(9(21)3)10-4-5-20-12(6-10)16(17,18)19/h4-8H,1-3H3,(H,23,24). The van der Waals surface area contributed by atoms with Gasteiger partial charge in [-0.1, -0.05) is 0 Å². The third kappa shape index (κ3) is 3.17. The third-order valence-electron chi connectivity index (χ3n) is 3.61. The molecule has 2 rings (SSSR count). The summed E-state index contributed by atoms with van der Waals surface area (Å²) in [6, 6.07) is 1.83. The second-order valence-corrected chi connectivity index (χ2v) is 5.57. The molecule has 128 valence electrons. The molecule has 2 aromatic heterocycles. The van der Waals surface area contributed by atoms with E-state index in [-0.39, 0.29) is 17.2 Å². The summed E-state index contributed by atoms with van der Waals surface area (Å²) >= 11 is 0. The van der Waals surface area contributed by atoms with E-state index in [2.05, 4.69) is 4.98 Å². The van der Waals surface area contributed by atoms with Gasteiger partial charge >= 0.3 is 12.1 Å². The largest absolute Gasteiger partial charge is 0.477 e. The van der Waals surface area contributed by atoms with Crippen LogP contribution in [0.15, 0.2) is 29.3 Å². The molecular formula is C16H15F3N2O3. The zero-order chi connectivity index (χ0) is 18.2. The first-order chi connectivity index (χ1) is 11.0. The number of aromatic nitrogens is 2. The third-order valence-corrected chi connectivity index (χ3v) is 3.61. The lowest BCUT2D eigenvalue weighted by Gasteiger charge is -2.19. The van der Waals surface area contributed by atoms with Crippen molar-refractivity contribution in [2.24, 2.45) is 0 Å². The SMILES string of the molecule is Cc1c(-c2ccnc(C(F)(F)F)c2)c(=O)c(C(=O)O)cn1C(C)C. The summed E-state index contributed by atoms with van der Waals surface area (Å²) in [7, 11) is 0. The second kappa shape index (κ2) is 6.10. The van der Waals surface area contributed by atoms with Crippen molar-refractivity contribution in [2.45, 2.75) is 33.0 Å². The number of hydrogen-bond donors (Lipinski definition) is 1. The van der Waals surface area contributed by atoms with E-state index in [0.717, 1.165) is 12.3 Å². The van der Waals surface area contributed by atoms with Gasteiger partial charge in [-0.2, -0.15) is 13.2 Å². The molecule has 0 spiro atoms. The van der Waals surface area contributed by atoms with Crippen LogP contribution in [0, 0.1) is 6.92 Å². The molecule has 0 atom stereocenters. The predicted octanol–water partition coefficient (Wildman–Crippen LogP) is 3.52.